The first kappa shape index (κ1) is 12.1. The van der Waals surface area contributed by atoms with E-state index in [9.17, 15) is 0 Å². The van der Waals surface area contributed by atoms with Crippen molar-refractivity contribution in [3.8, 4) is 0 Å². The number of benzene rings is 1. The molecule has 3 nitrogen and oxygen atoms in total. The molecule has 0 aliphatic carbocycles. The number of hydrogen-bond acceptors (Lipinski definition) is 3. The van der Waals surface area contributed by atoms with E-state index in [0.29, 0.717) is 6.54 Å². The lowest BCUT2D eigenvalue weighted by Gasteiger charge is -2.08. The highest BCUT2D eigenvalue weighted by Crippen LogP contribution is 2.17. The van der Waals surface area contributed by atoms with E-state index in [2.05, 4.69) is 32.3 Å². The summed E-state index contributed by atoms with van der Waals surface area (Å²) in [7, 11) is 0. The van der Waals surface area contributed by atoms with Gasteiger partial charge in [-0.2, -0.15) is 0 Å². The number of nitrogens with zero attached hydrogens (tertiary/aromatic N) is 1. The van der Waals surface area contributed by atoms with E-state index in [1.54, 1.807) is 6.20 Å². The average molecular weight is 292 g/mol. The van der Waals surface area contributed by atoms with Crippen molar-refractivity contribution >= 4 is 21.7 Å². The van der Waals surface area contributed by atoms with E-state index in [0.717, 1.165) is 22.4 Å². The van der Waals surface area contributed by atoms with Crippen LogP contribution in [0.1, 0.15) is 11.1 Å². The molecule has 0 radical (unpaired) electrons. The third-order valence-corrected chi connectivity index (χ3v) is 3.25. The Hall–Kier alpha value is -1.39. The third kappa shape index (κ3) is 3.28. The third-order valence-electron chi connectivity index (χ3n) is 2.48. The van der Waals surface area contributed by atoms with Gasteiger partial charge in [-0.1, -0.05) is 34.1 Å². The van der Waals surface area contributed by atoms with Gasteiger partial charge in [0.25, 0.3) is 0 Å². The first-order valence-electron chi connectivity index (χ1n) is 5.42. The highest BCUT2D eigenvalue weighted by molar-refractivity contribution is 9.10. The predicted molar refractivity (Wildman–Crippen MR) is 73.6 cm³/mol. The smallest absolute Gasteiger partial charge is 0.126 e. The second-order valence-corrected chi connectivity index (χ2v) is 4.55. The van der Waals surface area contributed by atoms with E-state index < -0.39 is 0 Å². The van der Waals surface area contributed by atoms with E-state index >= 15 is 0 Å². The second-order valence-electron chi connectivity index (χ2n) is 3.70. The highest BCUT2D eigenvalue weighted by atomic mass is 79.9. The zero-order chi connectivity index (χ0) is 12.1. The lowest BCUT2D eigenvalue weighted by molar-refractivity contribution is 1.04. The van der Waals surface area contributed by atoms with Gasteiger partial charge < -0.3 is 11.1 Å². The number of aromatic nitrogens is 1. The highest BCUT2D eigenvalue weighted by Gasteiger charge is 1.99. The molecule has 0 saturated heterocycles. The van der Waals surface area contributed by atoms with Crippen molar-refractivity contribution < 1.29 is 0 Å². The minimum absolute atomic E-state index is 0.534. The lowest BCUT2D eigenvalue weighted by atomic mass is 10.2. The molecule has 1 aromatic carbocycles. The van der Waals surface area contributed by atoms with Crippen LogP contribution in [0.15, 0.2) is 47.1 Å². The van der Waals surface area contributed by atoms with Crippen LogP contribution < -0.4 is 11.1 Å². The lowest BCUT2D eigenvalue weighted by Crippen LogP contribution is -2.03. The Morgan fingerprint density at radius 2 is 2.06 bits per heavy atom. The first-order valence-corrected chi connectivity index (χ1v) is 6.21. The van der Waals surface area contributed by atoms with Crippen LogP contribution >= 0.6 is 15.9 Å². The van der Waals surface area contributed by atoms with Gasteiger partial charge in [-0.05, 0) is 29.3 Å². The van der Waals surface area contributed by atoms with Gasteiger partial charge in [0.1, 0.15) is 5.82 Å². The summed E-state index contributed by atoms with van der Waals surface area (Å²) < 4.78 is 1.10. The first-order chi connectivity index (χ1) is 8.29. The Morgan fingerprint density at radius 1 is 1.24 bits per heavy atom. The quantitative estimate of drug-likeness (QED) is 0.911. The molecule has 3 N–H and O–H groups in total. The molecule has 4 heteroatoms. The van der Waals surface area contributed by atoms with Crippen molar-refractivity contribution in [3.63, 3.8) is 0 Å². The maximum absolute atomic E-state index is 5.59. The Bertz CT molecular complexity index is 500. The van der Waals surface area contributed by atoms with Gasteiger partial charge >= 0.3 is 0 Å². The van der Waals surface area contributed by atoms with Gasteiger partial charge in [-0.15, -0.1) is 0 Å². The van der Waals surface area contributed by atoms with Crippen LogP contribution in [0.3, 0.4) is 0 Å². The maximum atomic E-state index is 5.59. The summed E-state index contributed by atoms with van der Waals surface area (Å²) in [6, 6.07) is 12.0. The molecule has 0 aliphatic rings. The van der Waals surface area contributed by atoms with Crippen LogP contribution in [0.4, 0.5) is 5.82 Å². The zero-order valence-electron chi connectivity index (χ0n) is 9.36. The summed E-state index contributed by atoms with van der Waals surface area (Å²) >= 11 is 3.52. The Balaban J connectivity index is 2.05. The van der Waals surface area contributed by atoms with E-state index in [1.165, 1.54) is 5.56 Å². The fourth-order valence-corrected chi connectivity index (χ4v) is 1.95. The van der Waals surface area contributed by atoms with Gasteiger partial charge in [0, 0.05) is 23.8 Å². The zero-order valence-corrected chi connectivity index (χ0v) is 10.9. The number of nitrogens with two attached hydrogens (primary N) is 1. The molecule has 1 heterocycles. The largest absolute Gasteiger partial charge is 0.366 e. The monoisotopic (exact) mass is 291 g/mol. The van der Waals surface area contributed by atoms with Crippen LogP contribution in [0.2, 0.25) is 0 Å². The topological polar surface area (TPSA) is 50.9 Å². The fraction of sp³-hybridized carbons (Fsp3) is 0.154. The van der Waals surface area contributed by atoms with Gasteiger partial charge in [0.15, 0.2) is 0 Å². The van der Waals surface area contributed by atoms with Crippen LogP contribution in [0.5, 0.6) is 0 Å². The fourth-order valence-electron chi connectivity index (χ4n) is 1.53. The molecule has 17 heavy (non-hydrogen) atoms. The van der Waals surface area contributed by atoms with Crippen molar-refractivity contribution in [2.45, 2.75) is 13.1 Å². The Morgan fingerprint density at radius 3 is 2.82 bits per heavy atom. The molecular formula is C13H14BrN3. The van der Waals surface area contributed by atoms with Crippen molar-refractivity contribution in [2.75, 3.05) is 5.32 Å². The van der Waals surface area contributed by atoms with Crippen molar-refractivity contribution in [3.05, 3.63) is 58.2 Å². The number of rotatable bonds is 4. The predicted octanol–water partition coefficient (Wildman–Crippen LogP) is 2.91. The summed E-state index contributed by atoms with van der Waals surface area (Å²) in [5, 5.41) is 3.28. The second kappa shape index (κ2) is 5.80. The van der Waals surface area contributed by atoms with E-state index in [4.69, 9.17) is 5.73 Å². The van der Waals surface area contributed by atoms with Crippen LogP contribution in [-0.4, -0.2) is 4.98 Å². The molecule has 0 atom stereocenters. The molecular weight excluding hydrogens is 278 g/mol. The number of nitrogens with one attached hydrogen (secondary N) is 1. The number of pyridine rings is 1. The van der Waals surface area contributed by atoms with Gasteiger partial charge in [0.05, 0.1) is 0 Å². The van der Waals surface area contributed by atoms with Crippen molar-refractivity contribution in [1.82, 2.24) is 4.98 Å². The van der Waals surface area contributed by atoms with Crippen LogP contribution in [-0.2, 0) is 13.1 Å². The molecule has 0 fully saturated rings. The van der Waals surface area contributed by atoms with Crippen molar-refractivity contribution in [2.24, 2.45) is 5.73 Å². The normalized spacial score (nSPS) is 10.2. The molecule has 2 aromatic rings. The van der Waals surface area contributed by atoms with Gasteiger partial charge in [-0.25, -0.2) is 4.98 Å². The summed E-state index contributed by atoms with van der Waals surface area (Å²) in [5.41, 5.74) is 7.87. The molecule has 0 spiro atoms. The van der Waals surface area contributed by atoms with Gasteiger partial charge in [0.2, 0.25) is 0 Å². The van der Waals surface area contributed by atoms with Crippen molar-refractivity contribution in [1.29, 1.82) is 0 Å². The van der Waals surface area contributed by atoms with E-state index in [-0.39, 0.29) is 0 Å². The molecule has 0 unspecified atom stereocenters. The molecule has 1 aromatic heterocycles. The molecule has 2 rings (SSSR count). The molecule has 0 bridgehead atoms. The molecule has 88 valence electrons. The molecule has 0 saturated carbocycles. The molecule has 0 aliphatic heterocycles. The number of hydrogen-bond donors (Lipinski definition) is 2. The van der Waals surface area contributed by atoms with Crippen LogP contribution in [0, 0.1) is 0 Å². The number of anilines is 1. The summed E-state index contributed by atoms with van der Waals surface area (Å²) in [6.07, 6.45) is 1.77. The van der Waals surface area contributed by atoms with Gasteiger partial charge in [-0.3, -0.25) is 0 Å². The summed E-state index contributed by atoms with van der Waals surface area (Å²) in [5.74, 6) is 0.851. The maximum Gasteiger partial charge on any atom is 0.126 e. The summed E-state index contributed by atoms with van der Waals surface area (Å²) in [6.45, 7) is 1.27. The minimum atomic E-state index is 0.534. The van der Waals surface area contributed by atoms with Crippen LogP contribution in [0.25, 0.3) is 0 Å². The molecule has 0 amide bonds. The number of halogens is 1. The minimum Gasteiger partial charge on any atom is -0.366 e. The Labute approximate surface area is 109 Å². The Kier molecular flexibility index (Phi) is 4.12. The average Bonchev–Trinajstić information content (AvgIpc) is 2.38. The SMILES string of the molecule is NCc1ccnc(NCc2ccccc2Br)c1. The standard InChI is InChI=1S/C13H14BrN3/c14-12-4-2-1-3-11(12)9-17-13-7-10(8-15)5-6-16-13/h1-7H,8-9,15H2,(H,16,17). The van der Waals surface area contributed by atoms with E-state index in [1.807, 2.05) is 30.3 Å². The summed E-state index contributed by atoms with van der Waals surface area (Å²) in [4.78, 5) is 4.25.